The van der Waals surface area contributed by atoms with E-state index in [1.165, 1.54) is 0 Å². The van der Waals surface area contributed by atoms with Crippen LogP contribution in [-0.2, 0) is 12.8 Å². The summed E-state index contributed by atoms with van der Waals surface area (Å²) in [5.74, 6) is 0.536. The number of nitrogen functional groups attached to an aromatic ring is 1. The zero-order valence-electron chi connectivity index (χ0n) is 14.9. The Labute approximate surface area is 149 Å². The predicted octanol–water partition coefficient (Wildman–Crippen LogP) is 3.87. The second kappa shape index (κ2) is 6.49. The van der Waals surface area contributed by atoms with Gasteiger partial charge in [0.05, 0.1) is 16.8 Å². The number of hydrogen-bond donors (Lipinski definition) is 1. The van der Waals surface area contributed by atoms with Crippen molar-refractivity contribution in [3.63, 3.8) is 0 Å². The average Bonchev–Trinajstić information content (AvgIpc) is 2.61. The standard InChI is InChI=1S/C21H22N4/c1-13-4-9-16-17(10-13)20(19(12-23)21(24)18(16)11-22)14-5-7-15(8-6-14)25(2)3/h5-8,13H,4,9-10,24H2,1-3H3/t13-/m1/s1. The summed E-state index contributed by atoms with van der Waals surface area (Å²) in [6.07, 6.45) is 2.77. The van der Waals surface area contributed by atoms with E-state index in [9.17, 15) is 10.5 Å². The van der Waals surface area contributed by atoms with E-state index >= 15 is 0 Å². The van der Waals surface area contributed by atoms with E-state index in [2.05, 4.69) is 19.1 Å². The van der Waals surface area contributed by atoms with Crippen molar-refractivity contribution in [1.82, 2.24) is 0 Å². The first-order chi connectivity index (χ1) is 12.0. The third-order valence-electron chi connectivity index (χ3n) is 5.09. The van der Waals surface area contributed by atoms with Crippen molar-refractivity contribution < 1.29 is 0 Å². The van der Waals surface area contributed by atoms with Gasteiger partial charge in [-0.05, 0) is 54.0 Å². The topological polar surface area (TPSA) is 76.8 Å². The third-order valence-corrected chi connectivity index (χ3v) is 5.09. The van der Waals surface area contributed by atoms with Crippen LogP contribution in [0.25, 0.3) is 11.1 Å². The molecular weight excluding hydrogens is 308 g/mol. The quantitative estimate of drug-likeness (QED) is 0.848. The monoisotopic (exact) mass is 330 g/mol. The van der Waals surface area contributed by atoms with Crippen LogP contribution in [0.5, 0.6) is 0 Å². The smallest absolute Gasteiger partial charge is 0.102 e. The summed E-state index contributed by atoms with van der Waals surface area (Å²) in [4.78, 5) is 2.04. The largest absolute Gasteiger partial charge is 0.397 e. The molecule has 0 spiro atoms. The van der Waals surface area contributed by atoms with Crippen molar-refractivity contribution >= 4 is 11.4 Å². The number of rotatable bonds is 2. The fourth-order valence-electron chi connectivity index (χ4n) is 3.71. The first-order valence-electron chi connectivity index (χ1n) is 8.53. The summed E-state index contributed by atoms with van der Waals surface area (Å²) in [5, 5.41) is 19.3. The molecule has 2 N–H and O–H groups in total. The SMILES string of the molecule is C[C@@H]1CCc2c(C#N)c(N)c(C#N)c(-c3ccc(N(C)C)cc3)c2C1. The average molecular weight is 330 g/mol. The number of nitrogens with two attached hydrogens (primary N) is 1. The Morgan fingerprint density at radius 1 is 1.04 bits per heavy atom. The van der Waals surface area contributed by atoms with E-state index in [1.54, 1.807) is 0 Å². The highest BCUT2D eigenvalue weighted by molar-refractivity contribution is 5.85. The Morgan fingerprint density at radius 3 is 2.24 bits per heavy atom. The van der Waals surface area contributed by atoms with Gasteiger partial charge in [-0.25, -0.2) is 0 Å². The normalized spacial score (nSPS) is 15.8. The molecule has 0 amide bonds. The molecule has 0 radical (unpaired) electrons. The Morgan fingerprint density at radius 2 is 1.68 bits per heavy atom. The van der Waals surface area contributed by atoms with E-state index in [0.29, 0.717) is 22.7 Å². The highest BCUT2D eigenvalue weighted by atomic mass is 15.1. The second-order valence-corrected chi connectivity index (χ2v) is 7.01. The molecule has 0 aliphatic heterocycles. The zero-order valence-corrected chi connectivity index (χ0v) is 14.9. The lowest BCUT2D eigenvalue weighted by Crippen LogP contribution is -2.17. The number of fused-ring (bicyclic) bond motifs is 1. The fourth-order valence-corrected chi connectivity index (χ4v) is 3.71. The molecule has 126 valence electrons. The maximum atomic E-state index is 9.74. The van der Waals surface area contributed by atoms with Crippen LogP contribution < -0.4 is 10.6 Å². The van der Waals surface area contributed by atoms with Crippen molar-refractivity contribution in [2.75, 3.05) is 24.7 Å². The van der Waals surface area contributed by atoms with Crippen LogP contribution >= 0.6 is 0 Å². The van der Waals surface area contributed by atoms with Gasteiger partial charge in [-0.15, -0.1) is 0 Å². The number of hydrogen-bond acceptors (Lipinski definition) is 4. The Balaban J connectivity index is 2.30. The van der Waals surface area contributed by atoms with Crippen LogP contribution in [0.1, 0.15) is 35.6 Å². The maximum absolute atomic E-state index is 9.74. The highest BCUT2D eigenvalue weighted by Gasteiger charge is 2.27. The minimum Gasteiger partial charge on any atom is -0.397 e. The lowest BCUT2D eigenvalue weighted by Gasteiger charge is -2.27. The predicted molar refractivity (Wildman–Crippen MR) is 101 cm³/mol. The number of nitriles is 2. The molecule has 2 aromatic rings. The minimum absolute atomic E-state index is 0.324. The molecule has 0 saturated carbocycles. The van der Waals surface area contributed by atoms with Crippen LogP contribution in [-0.4, -0.2) is 14.1 Å². The van der Waals surface area contributed by atoms with Gasteiger partial charge in [-0.1, -0.05) is 19.1 Å². The van der Waals surface area contributed by atoms with Gasteiger partial charge in [0.15, 0.2) is 0 Å². The molecule has 25 heavy (non-hydrogen) atoms. The van der Waals surface area contributed by atoms with Gasteiger partial charge >= 0.3 is 0 Å². The van der Waals surface area contributed by atoms with E-state index in [0.717, 1.165) is 47.2 Å². The second-order valence-electron chi connectivity index (χ2n) is 7.01. The molecule has 2 aromatic carbocycles. The number of anilines is 2. The Kier molecular flexibility index (Phi) is 4.38. The van der Waals surface area contributed by atoms with Crippen molar-refractivity contribution in [1.29, 1.82) is 10.5 Å². The van der Waals surface area contributed by atoms with Crippen LogP contribution in [0.2, 0.25) is 0 Å². The fraction of sp³-hybridized carbons (Fsp3) is 0.333. The summed E-state index contributed by atoms with van der Waals surface area (Å²) < 4.78 is 0. The molecule has 0 fully saturated rings. The number of benzene rings is 2. The van der Waals surface area contributed by atoms with E-state index in [1.807, 2.05) is 43.3 Å². The minimum atomic E-state index is 0.324. The molecule has 3 rings (SSSR count). The summed E-state index contributed by atoms with van der Waals surface area (Å²) >= 11 is 0. The van der Waals surface area contributed by atoms with Gasteiger partial charge in [-0.3, -0.25) is 0 Å². The first-order valence-corrected chi connectivity index (χ1v) is 8.53. The van der Waals surface area contributed by atoms with Crippen LogP contribution in [0.4, 0.5) is 11.4 Å². The summed E-state index contributed by atoms with van der Waals surface area (Å²) in [6, 6.07) is 12.7. The molecule has 0 heterocycles. The Bertz CT molecular complexity index is 896. The summed E-state index contributed by atoms with van der Waals surface area (Å²) in [7, 11) is 4.00. The van der Waals surface area contributed by atoms with Gasteiger partial charge in [0.2, 0.25) is 0 Å². The molecule has 0 unspecified atom stereocenters. The van der Waals surface area contributed by atoms with Crippen molar-refractivity contribution in [3.8, 4) is 23.3 Å². The van der Waals surface area contributed by atoms with E-state index in [-0.39, 0.29) is 0 Å². The number of nitrogens with zero attached hydrogens (tertiary/aromatic N) is 3. The van der Waals surface area contributed by atoms with Gasteiger partial charge < -0.3 is 10.6 Å². The molecule has 0 saturated heterocycles. The molecule has 0 aromatic heterocycles. The van der Waals surface area contributed by atoms with Crippen LogP contribution in [0.3, 0.4) is 0 Å². The summed E-state index contributed by atoms with van der Waals surface area (Å²) in [6.45, 7) is 2.22. The summed E-state index contributed by atoms with van der Waals surface area (Å²) in [5.41, 5.74) is 12.6. The van der Waals surface area contributed by atoms with Gasteiger partial charge in [-0.2, -0.15) is 10.5 Å². The molecule has 4 nitrogen and oxygen atoms in total. The molecular formula is C21H22N4. The van der Waals surface area contributed by atoms with Gasteiger partial charge in [0.1, 0.15) is 12.1 Å². The molecule has 0 bridgehead atoms. The van der Waals surface area contributed by atoms with E-state index in [4.69, 9.17) is 5.73 Å². The lowest BCUT2D eigenvalue weighted by molar-refractivity contribution is 0.501. The molecule has 1 aliphatic rings. The first kappa shape index (κ1) is 16.9. The van der Waals surface area contributed by atoms with Crippen molar-refractivity contribution in [3.05, 3.63) is 46.5 Å². The maximum Gasteiger partial charge on any atom is 0.102 e. The van der Waals surface area contributed by atoms with Crippen molar-refractivity contribution in [2.24, 2.45) is 5.92 Å². The molecule has 1 aliphatic carbocycles. The molecule has 4 heteroatoms. The zero-order chi connectivity index (χ0) is 18.1. The van der Waals surface area contributed by atoms with Crippen molar-refractivity contribution in [2.45, 2.75) is 26.2 Å². The van der Waals surface area contributed by atoms with Gasteiger partial charge in [0.25, 0.3) is 0 Å². The van der Waals surface area contributed by atoms with Crippen LogP contribution in [0, 0.1) is 28.6 Å². The van der Waals surface area contributed by atoms with Gasteiger partial charge in [0, 0.05) is 25.3 Å². The van der Waals surface area contributed by atoms with Crippen LogP contribution in [0.15, 0.2) is 24.3 Å². The Hall–Kier alpha value is -2.98. The lowest BCUT2D eigenvalue weighted by atomic mass is 9.76. The third kappa shape index (κ3) is 2.81. The van der Waals surface area contributed by atoms with E-state index < -0.39 is 0 Å². The molecule has 1 atom stereocenters. The highest BCUT2D eigenvalue weighted by Crippen LogP contribution is 2.41.